The van der Waals surface area contributed by atoms with Crippen LogP contribution in [0.4, 0.5) is 22.7 Å². The summed E-state index contributed by atoms with van der Waals surface area (Å²) in [6, 6.07) is 8.13. The summed E-state index contributed by atoms with van der Waals surface area (Å²) >= 11 is 1.68. The van der Waals surface area contributed by atoms with Gasteiger partial charge in [-0.15, -0.1) is 0 Å². The summed E-state index contributed by atoms with van der Waals surface area (Å²) in [5.74, 6) is 0.671. The summed E-state index contributed by atoms with van der Waals surface area (Å²) in [7, 11) is 0. The number of rotatable bonds is 21. The summed E-state index contributed by atoms with van der Waals surface area (Å²) in [6.07, 6.45) is 23.3. The molecule has 0 spiro atoms. The maximum atomic E-state index is 13.9. The first-order valence-electron chi connectivity index (χ1n) is 20.6. The van der Waals surface area contributed by atoms with Gasteiger partial charge in [0.05, 0.1) is 35.7 Å². The van der Waals surface area contributed by atoms with E-state index < -0.39 is 0 Å². The number of hydrogen-bond acceptors (Lipinski definition) is 5. The molecule has 1 aliphatic heterocycles. The normalized spacial score (nSPS) is 15.4. The molecule has 0 saturated heterocycles. The molecule has 286 valence electrons. The van der Waals surface area contributed by atoms with Gasteiger partial charge in [0.15, 0.2) is 17.9 Å². The van der Waals surface area contributed by atoms with E-state index >= 15 is 0 Å². The van der Waals surface area contributed by atoms with Crippen molar-refractivity contribution in [2.75, 3.05) is 22.9 Å². The molecular weight excluding hydrogens is 687 g/mol. The average Bonchev–Trinajstić information content (AvgIpc) is 3.66. The molecule has 2 aliphatic rings. The van der Waals surface area contributed by atoms with Gasteiger partial charge >= 0.3 is 0 Å². The van der Waals surface area contributed by atoms with Crippen molar-refractivity contribution in [2.24, 2.45) is 0 Å². The van der Waals surface area contributed by atoms with Crippen LogP contribution < -0.4 is 14.4 Å². The van der Waals surface area contributed by atoms with Crippen molar-refractivity contribution in [1.82, 2.24) is 0 Å². The fraction of sp³-hybridized carbons (Fsp3) is 0.522. The molecule has 0 amide bonds. The predicted octanol–water partition coefficient (Wildman–Crippen LogP) is 13.2. The number of anilines is 2. The van der Waals surface area contributed by atoms with Crippen LogP contribution in [0.3, 0.4) is 0 Å². The zero-order valence-corrected chi connectivity index (χ0v) is 34.2. The molecule has 1 aliphatic carbocycles. The summed E-state index contributed by atoms with van der Waals surface area (Å²) in [5.41, 5.74) is 6.76. The van der Waals surface area contributed by atoms with Gasteiger partial charge in [0.2, 0.25) is 11.3 Å². The molecule has 8 heteroatoms. The van der Waals surface area contributed by atoms with Crippen LogP contribution in [0, 0.1) is 27.0 Å². The van der Waals surface area contributed by atoms with E-state index in [0.29, 0.717) is 29.1 Å². The molecule has 1 N–H and O–H groups in total. The number of benzene rings is 2. The van der Waals surface area contributed by atoms with Crippen LogP contribution >= 0.6 is 11.3 Å². The molecule has 3 aromatic rings. The second-order valence-electron chi connectivity index (χ2n) is 15.0. The molecule has 2 aromatic carbocycles. The second kappa shape index (κ2) is 19.8. The van der Waals surface area contributed by atoms with Crippen LogP contribution in [-0.4, -0.2) is 24.0 Å². The van der Waals surface area contributed by atoms with Crippen LogP contribution in [0.1, 0.15) is 140 Å². The standard InChI is InChI=1S/C46H59N5O2S/c1-8-11-13-15-17-19-21-23-25-50-40-32-38(48-7)37(47-6)31-39(40)49(10-3)43(50)29-35-45(52)36(46(35)53)30-44-51(26-24-22-20-18-16-14-12-9-2)41-27-33(4)34(5)28-42(41)54-44/h27-32H,8-26H2,1-5H3/p+1. The summed E-state index contributed by atoms with van der Waals surface area (Å²) in [5, 5.41) is 12.5. The highest BCUT2D eigenvalue weighted by atomic mass is 32.1. The lowest BCUT2D eigenvalue weighted by Gasteiger charge is -2.27. The number of ketones is 1. The molecule has 0 bridgehead atoms. The van der Waals surface area contributed by atoms with Gasteiger partial charge in [-0.1, -0.05) is 109 Å². The number of aromatic nitrogens is 1. The van der Waals surface area contributed by atoms with Crippen LogP contribution in [0.5, 0.6) is 0 Å². The maximum absolute atomic E-state index is 13.9. The molecule has 54 heavy (non-hydrogen) atoms. The van der Waals surface area contributed by atoms with Gasteiger partial charge in [0.1, 0.15) is 16.3 Å². The van der Waals surface area contributed by atoms with Gasteiger partial charge in [-0.3, -0.25) is 14.5 Å². The molecule has 0 atom stereocenters. The molecule has 0 saturated carbocycles. The van der Waals surface area contributed by atoms with Crippen molar-refractivity contribution < 1.29 is 14.5 Å². The Bertz CT molecular complexity index is 1990. The average molecular weight is 747 g/mol. The Morgan fingerprint density at radius 1 is 0.722 bits per heavy atom. The lowest BCUT2D eigenvalue weighted by molar-refractivity contribution is -0.669. The topological polar surface area (TPSA) is 56.4 Å². The van der Waals surface area contributed by atoms with E-state index in [1.165, 1.54) is 105 Å². The Morgan fingerprint density at radius 2 is 1.26 bits per heavy atom. The lowest BCUT2D eigenvalue weighted by Crippen LogP contribution is -2.36. The first kappa shape index (κ1) is 40.8. The smallest absolute Gasteiger partial charge is 0.263 e. The largest absolute Gasteiger partial charge is 0.506 e. The summed E-state index contributed by atoms with van der Waals surface area (Å²) < 4.78 is 3.54. The molecule has 7 nitrogen and oxygen atoms in total. The van der Waals surface area contributed by atoms with E-state index in [1.807, 2.05) is 18.2 Å². The number of allylic oxidation sites excluding steroid dienone is 3. The minimum Gasteiger partial charge on any atom is -0.506 e. The van der Waals surface area contributed by atoms with Gasteiger partial charge in [-0.05, 0) is 69.0 Å². The highest BCUT2D eigenvalue weighted by Gasteiger charge is 2.38. The number of carbonyl (C=O) groups excluding carboxylic acids is 1. The number of Topliss-reactive ketones (excluding diaryl/α,β-unsaturated/α-hetero) is 1. The van der Waals surface area contributed by atoms with E-state index in [4.69, 9.17) is 13.1 Å². The molecule has 2 heterocycles. The van der Waals surface area contributed by atoms with Gasteiger partial charge in [0.25, 0.3) is 5.01 Å². The highest BCUT2D eigenvalue weighted by molar-refractivity contribution is 7.18. The predicted molar refractivity (Wildman–Crippen MR) is 227 cm³/mol. The number of aliphatic hydroxyl groups is 1. The Morgan fingerprint density at radius 3 is 1.81 bits per heavy atom. The quantitative estimate of drug-likeness (QED) is 0.0510. The van der Waals surface area contributed by atoms with Crippen LogP contribution in [0.15, 0.2) is 53.1 Å². The minimum absolute atomic E-state index is 0.0266. The van der Waals surface area contributed by atoms with Gasteiger partial charge in [-0.25, -0.2) is 0 Å². The van der Waals surface area contributed by atoms with Crippen molar-refractivity contribution in [3.05, 3.63) is 92.0 Å². The van der Waals surface area contributed by atoms with Crippen molar-refractivity contribution in [2.45, 2.75) is 144 Å². The van der Waals surface area contributed by atoms with Crippen molar-refractivity contribution >= 4 is 56.2 Å². The van der Waals surface area contributed by atoms with Gasteiger partial charge in [-0.2, -0.15) is 4.57 Å². The number of aryl methyl sites for hydroxylation is 3. The molecule has 0 fully saturated rings. The number of thiazole rings is 1. The third kappa shape index (κ3) is 9.27. The Balaban J connectivity index is 1.42. The Labute approximate surface area is 328 Å². The number of aliphatic hydroxyl groups excluding tert-OH is 1. The zero-order valence-electron chi connectivity index (χ0n) is 33.4. The van der Waals surface area contributed by atoms with Gasteiger partial charge in [0, 0.05) is 31.7 Å². The van der Waals surface area contributed by atoms with Crippen molar-refractivity contribution in [1.29, 1.82) is 0 Å². The highest BCUT2D eigenvalue weighted by Crippen LogP contribution is 2.48. The molecular formula is C46H60N5O2S+. The fourth-order valence-electron chi connectivity index (χ4n) is 7.74. The minimum atomic E-state index is -0.161. The molecule has 0 unspecified atom stereocenters. The summed E-state index contributed by atoms with van der Waals surface area (Å²) in [4.78, 5) is 25.5. The number of fused-ring (bicyclic) bond motifs is 2. The van der Waals surface area contributed by atoms with Crippen molar-refractivity contribution in [3.8, 4) is 0 Å². The van der Waals surface area contributed by atoms with E-state index in [0.717, 1.165) is 54.6 Å². The number of nitrogens with zero attached hydrogens (tertiary/aromatic N) is 5. The Hall–Kier alpha value is -4.40. The SMILES string of the molecule is [C-]#[N+]c1cc2c(cc1[N+]#[C-])N(CCCCCCCCCC)/C(=C\C1=C(O)C(=Cc3sc4cc(C)c(C)cc4[n+]3CCCCCCCCCC)C1=O)N2CC. The maximum Gasteiger partial charge on any atom is 0.263 e. The molecule has 1 aromatic heterocycles. The second-order valence-corrected chi connectivity index (χ2v) is 16.1. The summed E-state index contributed by atoms with van der Waals surface area (Å²) in [6.45, 7) is 28.5. The zero-order chi connectivity index (χ0) is 38.6. The lowest BCUT2D eigenvalue weighted by atomic mass is 9.87. The monoisotopic (exact) mass is 746 g/mol. The van der Waals surface area contributed by atoms with E-state index in [2.05, 4.69) is 70.8 Å². The van der Waals surface area contributed by atoms with Crippen LogP contribution in [0.25, 0.3) is 26.0 Å². The number of carbonyl (C=O) groups is 1. The van der Waals surface area contributed by atoms with E-state index in [9.17, 15) is 9.90 Å². The fourth-order valence-corrected chi connectivity index (χ4v) is 8.96. The number of unbranched alkanes of at least 4 members (excludes halogenated alkanes) is 14. The van der Waals surface area contributed by atoms with Crippen molar-refractivity contribution in [3.63, 3.8) is 0 Å². The van der Waals surface area contributed by atoms with E-state index in [-0.39, 0.29) is 11.5 Å². The first-order chi connectivity index (χ1) is 26.3. The van der Waals surface area contributed by atoms with Crippen LogP contribution in [0.2, 0.25) is 0 Å². The third-order valence-corrected chi connectivity index (χ3v) is 12.2. The molecule has 5 rings (SSSR count). The first-order valence-corrected chi connectivity index (χ1v) is 21.4. The Kier molecular flexibility index (Phi) is 14.9. The molecule has 0 radical (unpaired) electrons. The third-order valence-electron chi connectivity index (χ3n) is 11.1. The van der Waals surface area contributed by atoms with Crippen LogP contribution in [-0.2, 0) is 11.3 Å². The van der Waals surface area contributed by atoms with E-state index in [1.54, 1.807) is 17.4 Å². The van der Waals surface area contributed by atoms with Gasteiger partial charge < -0.3 is 14.9 Å². The number of hydrogen-bond donors (Lipinski definition) is 1.